The number of alkyl halides is 1. The maximum atomic E-state index is 9.42. The summed E-state index contributed by atoms with van der Waals surface area (Å²) < 4.78 is 6.11. The number of ether oxygens (including phenoxy) is 1. The van der Waals surface area contributed by atoms with E-state index in [2.05, 4.69) is 13.0 Å². The molecule has 0 aliphatic carbocycles. The zero-order valence-corrected chi connectivity index (χ0v) is 12.3. The predicted molar refractivity (Wildman–Crippen MR) is 75.8 cm³/mol. The minimum atomic E-state index is -0.513. The van der Waals surface area contributed by atoms with Gasteiger partial charge in [-0.2, -0.15) is 5.26 Å². The Morgan fingerprint density at radius 1 is 1.33 bits per heavy atom. The van der Waals surface area contributed by atoms with E-state index in [0.29, 0.717) is 12.0 Å². The van der Waals surface area contributed by atoms with Crippen LogP contribution < -0.4 is 0 Å². The molecule has 3 heteroatoms. The summed E-state index contributed by atoms with van der Waals surface area (Å²) in [5.41, 5.74) is -0.513. The number of nitriles is 1. The van der Waals surface area contributed by atoms with Gasteiger partial charge in [-0.15, -0.1) is 11.6 Å². The molecule has 0 radical (unpaired) electrons. The Balaban J connectivity index is 2.40. The van der Waals surface area contributed by atoms with E-state index in [0.717, 1.165) is 44.9 Å². The van der Waals surface area contributed by atoms with Gasteiger partial charge in [0.15, 0.2) is 5.60 Å². The van der Waals surface area contributed by atoms with E-state index in [-0.39, 0.29) is 0 Å². The van der Waals surface area contributed by atoms with Crippen LogP contribution >= 0.6 is 11.6 Å². The van der Waals surface area contributed by atoms with Crippen molar-refractivity contribution in [1.82, 2.24) is 0 Å². The molecule has 0 aromatic rings. The van der Waals surface area contributed by atoms with E-state index in [1.54, 1.807) is 0 Å². The minimum absolute atomic E-state index is 0.306. The smallest absolute Gasteiger partial charge is 0.154 e. The number of rotatable bonds is 8. The van der Waals surface area contributed by atoms with Crippen molar-refractivity contribution in [2.24, 2.45) is 0 Å². The third-order valence-corrected chi connectivity index (χ3v) is 4.06. The summed E-state index contributed by atoms with van der Waals surface area (Å²) in [4.78, 5) is 0. The van der Waals surface area contributed by atoms with Gasteiger partial charge in [-0.1, -0.05) is 26.2 Å². The van der Waals surface area contributed by atoms with Crippen LogP contribution in [-0.2, 0) is 4.74 Å². The molecule has 104 valence electrons. The molecule has 2 nitrogen and oxygen atoms in total. The Kier molecular flexibility index (Phi) is 7.70. The van der Waals surface area contributed by atoms with Gasteiger partial charge in [0, 0.05) is 5.88 Å². The van der Waals surface area contributed by atoms with Crippen molar-refractivity contribution in [2.45, 2.75) is 82.8 Å². The second-order valence-corrected chi connectivity index (χ2v) is 5.76. The first-order chi connectivity index (χ1) is 8.76. The lowest BCUT2D eigenvalue weighted by Crippen LogP contribution is -2.39. The van der Waals surface area contributed by atoms with Crippen molar-refractivity contribution >= 4 is 11.6 Å². The van der Waals surface area contributed by atoms with Gasteiger partial charge in [-0.3, -0.25) is 0 Å². The molecule has 0 bridgehead atoms. The van der Waals surface area contributed by atoms with Crippen molar-refractivity contribution in [1.29, 1.82) is 5.26 Å². The number of unbranched alkanes of at least 4 members (excludes halogenated alkanes) is 3. The van der Waals surface area contributed by atoms with Gasteiger partial charge in [0.1, 0.15) is 0 Å². The molecular weight excluding hydrogens is 246 g/mol. The summed E-state index contributed by atoms with van der Waals surface area (Å²) >= 11 is 5.70. The standard InChI is InChI=1S/C15H26ClNO/c1-2-3-4-8-14-9-7-11-15(13-17,18-14)10-5-6-12-16/h14H,2-12H2,1H3/t14-,15+/m0/s1. The molecule has 0 saturated carbocycles. The quantitative estimate of drug-likeness (QED) is 0.469. The maximum Gasteiger partial charge on any atom is 0.154 e. The fourth-order valence-corrected chi connectivity index (χ4v) is 2.89. The summed E-state index contributed by atoms with van der Waals surface area (Å²) in [7, 11) is 0. The van der Waals surface area contributed by atoms with Gasteiger partial charge in [0.2, 0.25) is 0 Å². The Bertz CT molecular complexity index is 264. The fourth-order valence-electron chi connectivity index (χ4n) is 2.70. The van der Waals surface area contributed by atoms with Crippen LogP contribution in [0.25, 0.3) is 0 Å². The van der Waals surface area contributed by atoms with Crippen LogP contribution in [0.15, 0.2) is 0 Å². The number of hydrogen-bond acceptors (Lipinski definition) is 2. The SMILES string of the molecule is CCCCC[C@H]1CCC[C@@](C#N)(CCCCCl)O1. The molecule has 0 aromatic carbocycles. The molecule has 1 rings (SSSR count). The Morgan fingerprint density at radius 3 is 2.83 bits per heavy atom. The first kappa shape index (κ1) is 15.8. The summed E-state index contributed by atoms with van der Waals surface area (Å²) in [6.07, 6.45) is 11.1. The monoisotopic (exact) mass is 271 g/mol. The maximum absolute atomic E-state index is 9.42. The second-order valence-electron chi connectivity index (χ2n) is 5.38. The summed E-state index contributed by atoms with van der Waals surface area (Å²) in [5.74, 6) is 0.682. The van der Waals surface area contributed by atoms with E-state index in [1.807, 2.05) is 0 Å². The number of nitrogens with zero attached hydrogens (tertiary/aromatic N) is 1. The average Bonchev–Trinajstić information content (AvgIpc) is 2.40. The highest BCUT2D eigenvalue weighted by molar-refractivity contribution is 6.17. The third kappa shape index (κ3) is 5.16. The van der Waals surface area contributed by atoms with Crippen LogP contribution in [0.2, 0.25) is 0 Å². The van der Waals surface area contributed by atoms with Crippen molar-refractivity contribution < 1.29 is 4.74 Å². The first-order valence-corrected chi connectivity index (χ1v) is 7.95. The largest absolute Gasteiger partial charge is 0.357 e. The van der Waals surface area contributed by atoms with E-state index in [1.165, 1.54) is 19.3 Å². The van der Waals surface area contributed by atoms with Gasteiger partial charge in [-0.25, -0.2) is 0 Å². The fraction of sp³-hybridized carbons (Fsp3) is 0.933. The lowest BCUT2D eigenvalue weighted by molar-refractivity contribution is -0.102. The van der Waals surface area contributed by atoms with Gasteiger partial charge in [0.05, 0.1) is 12.2 Å². The first-order valence-electron chi connectivity index (χ1n) is 7.41. The molecule has 1 aliphatic rings. The summed E-state index contributed by atoms with van der Waals surface area (Å²) in [6.45, 7) is 2.22. The van der Waals surface area contributed by atoms with Crippen LogP contribution in [-0.4, -0.2) is 17.6 Å². The van der Waals surface area contributed by atoms with E-state index in [9.17, 15) is 5.26 Å². The van der Waals surface area contributed by atoms with Crippen molar-refractivity contribution in [3.63, 3.8) is 0 Å². The van der Waals surface area contributed by atoms with Crippen molar-refractivity contribution in [3.05, 3.63) is 0 Å². The van der Waals surface area contributed by atoms with Crippen LogP contribution in [0.3, 0.4) is 0 Å². The van der Waals surface area contributed by atoms with Crippen LogP contribution in [0, 0.1) is 11.3 Å². The molecule has 0 N–H and O–H groups in total. The Morgan fingerprint density at radius 2 is 2.17 bits per heavy atom. The van der Waals surface area contributed by atoms with Crippen LogP contribution in [0.5, 0.6) is 0 Å². The van der Waals surface area contributed by atoms with Crippen LogP contribution in [0.1, 0.15) is 71.1 Å². The van der Waals surface area contributed by atoms with Crippen molar-refractivity contribution in [3.8, 4) is 6.07 Å². The number of hydrogen-bond donors (Lipinski definition) is 0. The highest BCUT2D eigenvalue weighted by Gasteiger charge is 2.36. The third-order valence-electron chi connectivity index (χ3n) is 3.80. The minimum Gasteiger partial charge on any atom is -0.357 e. The molecule has 0 amide bonds. The Hall–Kier alpha value is -0.260. The van der Waals surface area contributed by atoms with Crippen molar-refractivity contribution in [2.75, 3.05) is 5.88 Å². The molecule has 2 atom stereocenters. The second kappa shape index (κ2) is 8.77. The zero-order chi connectivity index (χ0) is 13.3. The molecule has 1 fully saturated rings. The normalized spacial score (nSPS) is 27.9. The summed E-state index contributed by atoms with van der Waals surface area (Å²) in [5, 5.41) is 9.42. The van der Waals surface area contributed by atoms with Gasteiger partial charge >= 0.3 is 0 Å². The van der Waals surface area contributed by atoms with Crippen LogP contribution in [0.4, 0.5) is 0 Å². The molecule has 1 saturated heterocycles. The molecule has 0 unspecified atom stereocenters. The topological polar surface area (TPSA) is 33.0 Å². The molecule has 18 heavy (non-hydrogen) atoms. The van der Waals surface area contributed by atoms with Gasteiger partial charge in [-0.05, 0) is 44.9 Å². The molecular formula is C15H26ClNO. The van der Waals surface area contributed by atoms with E-state index >= 15 is 0 Å². The van der Waals surface area contributed by atoms with Gasteiger partial charge in [0.25, 0.3) is 0 Å². The molecule has 1 aliphatic heterocycles. The predicted octanol–water partition coefficient (Wildman–Crippen LogP) is 4.81. The Labute approximate surface area is 117 Å². The highest BCUT2D eigenvalue weighted by Crippen LogP contribution is 2.34. The average molecular weight is 272 g/mol. The van der Waals surface area contributed by atoms with E-state index in [4.69, 9.17) is 16.3 Å². The lowest BCUT2D eigenvalue weighted by atomic mass is 9.87. The number of halogens is 1. The molecule has 1 heterocycles. The lowest BCUT2D eigenvalue weighted by Gasteiger charge is -2.36. The van der Waals surface area contributed by atoms with Gasteiger partial charge < -0.3 is 4.74 Å². The molecule has 0 aromatic heterocycles. The molecule has 0 spiro atoms. The summed E-state index contributed by atoms with van der Waals surface area (Å²) in [6, 6.07) is 2.43. The van der Waals surface area contributed by atoms with E-state index < -0.39 is 5.60 Å². The zero-order valence-electron chi connectivity index (χ0n) is 11.6. The highest BCUT2D eigenvalue weighted by atomic mass is 35.5.